The summed E-state index contributed by atoms with van der Waals surface area (Å²) in [4.78, 5) is 26.8. The number of H-pyrrole nitrogens is 1. The van der Waals surface area contributed by atoms with Crippen molar-refractivity contribution in [2.45, 2.75) is 13.8 Å². The minimum absolute atomic E-state index is 0.0498. The van der Waals surface area contributed by atoms with Gasteiger partial charge >= 0.3 is 0 Å². The van der Waals surface area contributed by atoms with Crippen LogP contribution < -0.4 is 5.32 Å². The Bertz CT molecular complexity index is 967. The molecule has 1 aromatic heterocycles. The molecule has 0 fully saturated rings. The fourth-order valence-corrected chi connectivity index (χ4v) is 2.91. The summed E-state index contributed by atoms with van der Waals surface area (Å²) in [5.41, 5.74) is 2.71. The van der Waals surface area contributed by atoms with E-state index in [1.54, 1.807) is 30.5 Å². The van der Waals surface area contributed by atoms with Crippen LogP contribution in [0.15, 0.2) is 42.6 Å². The van der Waals surface area contributed by atoms with Gasteiger partial charge in [0.25, 0.3) is 5.91 Å². The van der Waals surface area contributed by atoms with Gasteiger partial charge in [-0.1, -0.05) is 29.8 Å². The quantitative estimate of drug-likeness (QED) is 0.719. The van der Waals surface area contributed by atoms with E-state index in [9.17, 15) is 9.59 Å². The molecule has 0 aliphatic carbocycles. The fraction of sp³-hybridized carbons (Fsp3) is 0.211. The maximum Gasteiger partial charge on any atom is 0.256 e. The Morgan fingerprint density at radius 3 is 2.85 bits per heavy atom. The van der Waals surface area contributed by atoms with Gasteiger partial charge in [0.1, 0.15) is 6.54 Å². The maximum absolute atomic E-state index is 12.9. The average Bonchev–Trinajstić information content (AvgIpc) is 3.11. The van der Waals surface area contributed by atoms with Gasteiger partial charge in [0.15, 0.2) is 0 Å². The molecule has 0 aliphatic rings. The summed E-state index contributed by atoms with van der Waals surface area (Å²) in [6, 6.07) is 10.7. The van der Waals surface area contributed by atoms with Crippen LogP contribution in [0.4, 0.5) is 5.69 Å². The molecular formula is C19H19ClN4O2. The van der Waals surface area contributed by atoms with Crippen LogP contribution in [0.25, 0.3) is 10.9 Å². The van der Waals surface area contributed by atoms with E-state index in [2.05, 4.69) is 15.5 Å². The van der Waals surface area contributed by atoms with E-state index < -0.39 is 0 Å². The fourth-order valence-electron chi connectivity index (χ4n) is 2.74. The number of nitrogens with zero attached hydrogens (tertiary/aromatic N) is 2. The molecule has 0 aliphatic heterocycles. The molecule has 7 heteroatoms. The Morgan fingerprint density at radius 2 is 2.08 bits per heavy atom. The first-order chi connectivity index (χ1) is 12.5. The van der Waals surface area contributed by atoms with Gasteiger partial charge in [0, 0.05) is 22.6 Å². The number of likely N-dealkylation sites (N-methyl/N-ethyl adjacent to an activating group) is 1. The molecule has 134 valence electrons. The molecular weight excluding hydrogens is 352 g/mol. The van der Waals surface area contributed by atoms with Gasteiger partial charge in [-0.3, -0.25) is 14.7 Å². The van der Waals surface area contributed by atoms with Gasteiger partial charge in [-0.15, -0.1) is 0 Å². The molecule has 2 N–H and O–H groups in total. The molecule has 0 bridgehead atoms. The monoisotopic (exact) mass is 370 g/mol. The summed E-state index contributed by atoms with van der Waals surface area (Å²) in [5.74, 6) is -0.498. The van der Waals surface area contributed by atoms with E-state index in [-0.39, 0.29) is 18.4 Å². The third-order valence-electron chi connectivity index (χ3n) is 4.18. The Morgan fingerprint density at radius 1 is 1.27 bits per heavy atom. The zero-order valence-electron chi connectivity index (χ0n) is 14.5. The highest BCUT2D eigenvalue weighted by atomic mass is 35.5. The molecule has 26 heavy (non-hydrogen) atoms. The summed E-state index contributed by atoms with van der Waals surface area (Å²) in [7, 11) is 0. The summed E-state index contributed by atoms with van der Waals surface area (Å²) in [6.07, 6.45) is 1.66. The average molecular weight is 371 g/mol. The summed E-state index contributed by atoms with van der Waals surface area (Å²) in [5, 5.41) is 11.0. The Hall–Kier alpha value is -2.86. The predicted octanol–water partition coefficient (Wildman–Crippen LogP) is 3.63. The first-order valence-electron chi connectivity index (χ1n) is 8.27. The Balaban J connectivity index is 1.76. The Labute approximate surface area is 156 Å². The molecule has 2 aromatic carbocycles. The van der Waals surface area contributed by atoms with Crippen LogP contribution >= 0.6 is 11.6 Å². The zero-order chi connectivity index (χ0) is 18.7. The van der Waals surface area contributed by atoms with Crippen LogP contribution in [0.5, 0.6) is 0 Å². The standard InChI is InChI=1S/C19H19ClN4O2/c1-3-24(11-17(25)22-16-9-14(20)8-7-12(16)2)19(26)15-6-4-5-13-10-21-23-18(13)15/h4-10H,3,11H2,1-2H3,(H,21,23)(H,22,25). The van der Waals surface area contributed by atoms with Gasteiger partial charge in [0.2, 0.25) is 5.91 Å². The van der Waals surface area contributed by atoms with Crippen molar-refractivity contribution in [1.82, 2.24) is 15.1 Å². The van der Waals surface area contributed by atoms with Crippen LogP contribution in [-0.4, -0.2) is 40.0 Å². The number of fused-ring (bicyclic) bond motifs is 1. The highest BCUT2D eigenvalue weighted by Crippen LogP contribution is 2.21. The van der Waals surface area contributed by atoms with Crippen LogP contribution in [0.3, 0.4) is 0 Å². The second-order valence-electron chi connectivity index (χ2n) is 5.97. The number of rotatable bonds is 5. The van der Waals surface area contributed by atoms with E-state index in [4.69, 9.17) is 11.6 Å². The molecule has 2 amide bonds. The largest absolute Gasteiger partial charge is 0.330 e. The molecule has 3 rings (SSSR count). The first-order valence-corrected chi connectivity index (χ1v) is 8.64. The molecule has 0 saturated heterocycles. The van der Waals surface area contributed by atoms with Crippen LogP contribution in [0.2, 0.25) is 5.02 Å². The zero-order valence-corrected chi connectivity index (χ0v) is 15.3. The molecule has 0 atom stereocenters. The minimum Gasteiger partial charge on any atom is -0.330 e. The molecule has 0 spiro atoms. The molecule has 0 radical (unpaired) electrons. The van der Waals surface area contributed by atoms with Gasteiger partial charge in [-0.2, -0.15) is 5.10 Å². The van der Waals surface area contributed by atoms with E-state index in [1.165, 1.54) is 4.90 Å². The number of carbonyl (C=O) groups is 2. The summed E-state index contributed by atoms with van der Waals surface area (Å²) < 4.78 is 0. The highest BCUT2D eigenvalue weighted by Gasteiger charge is 2.20. The number of halogens is 1. The van der Waals surface area contributed by atoms with Crippen molar-refractivity contribution < 1.29 is 9.59 Å². The lowest BCUT2D eigenvalue weighted by molar-refractivity contribution is -0.116. The van der Waals surface area contributed by atoms with E-state index in [0.29, 0.717) is 28.3 Å². The maximum atomic E-state index is 12.9. The molecule has 3 aromatic rings. The number of aromatic amines is 1. The number of nitrogens with one attached hydrogen (secondary N) is 2. The number of aryl methyl sites for hydroxylation is 1. The number of anilines is 1. The first kappa shape index (κ1) is 17.9. The number of benzene rings is 2. The number of hydrogen-bond donors (Lipinski definition) is 2. The SMILES string of the molecule is CCN(CC(=O)Nc1cc(Cl)ccc1C)C(=O)c1cccc2cn[nH]c12. The van der Waals surface area contributed by atoms with Crippen molar-refractivity contribution in [2.75, 3.05) is 18.4 Å². The lowest BCUT2D eigenvalue weighted by atomic mass is 10.1. The van der Waals surface area contributed by atoms with Gasteiger partial charge in [0.05, 0.1) is 17.3 Å². The van der Waals surface area contributed by atoms with Crippen LogP contribution in [0, 0.1) is 6.92 Å². The normalized spacial score (nSPS) is 10.7. The lowest BCUT2D eigenvalue weighted by Crippen LogP contribution is -2.38. The van der Waals surface area contributed by atoms with Crippen molar-refractivity contribution in [3.63, 3.8) is 0 Å². The summed E-state index contributed by atoms with van der Waals surface area (Å²) >= 11 is 5.98. The molecule has 6 nitrogen and oxygen atoms in total. The second-order valence-corrected chi connectivity index (χ2v) is 6.40. The molecule has 0 unspecified atom stereocenters. The van der Waals surface area contributed by atoms with Gasteiger partial charge in [-0.05, 0) is 37.6 Å². The summed E-state index contributed by atoms with van der Waals surface area (Å²) in [6.45, 7) is 4.08. The predicted molar refractivity (Wildman–Crippen MR) is 102 cm³/mol. The third-order valence-corrected chi connectivity index (χ3v) is 4.42. The van der Waals surface area contributed by atoms with Crippen LogP contribution in [0.1, 0.15) is 22.8 Å². The van der Waals surface area contributed by atoms with Gasteiger partial charge in [-0.25, -0.2) is 0 Å². The van der Waals surface area contributed by atoms with Gasteiger partial charge < -0.3 is 10.2 Å². The van der Waals surface area contributed by atoms with E-state index in [0.717, 1.165) is 10.9 Å². The number of para-hydroxylation sites is 1. The molecule has 1 heterocycles. The second kappa shape index (κ2) is 7.58. The van der Waals surface area contributed by atoms with E-state index >= 15 is 0 Å². The number of amides is 2. The van der Waals surface area contributed by atoms with Crippen molar-refractivity contribution in [2.24, 2.45) is 0 Å². The van der Waals surface area contributed by atoms with Crippen molar-refractivity contribution in [3.8, 4) is 0 Å². The topological polar surface area (TPSA) is 78.1 Å². The molecule has 0 saturated carbocycles. The Kier molecular flexibility index (Phi) is 5.23. The van der Waals surface area contributed by atoms with E-state index in [1.807, 2.05) is 26.0 Å². The van der Waals surface area contributed by atoms with Crippen molar-refractivity contribution >= 4 is 40.0 Å². The van der Waals surface area contributed by atoms with Crippen molar-refractivity contribution in [3.05, 3.63) is 58.7 Å². The number of aromatic nitrogens is 2. The lowest BCUT2D eigenvalue weighted by Gasteiger charge is -2.21. The smallest absolute Gasteiger partial charge is 0.256 e. The third kappa shape index (κ3) is 3.70. The van der Waals surface area contributed by atoms with Crippen LogP contribution in [-0.2, 0) is 4.79 Å². The number of hydrogen-bond acceptors (Lipinski definition) is 3. The number of carbonyl (C=O) groups excluding carboxylic acids is 2. The minimum atomic E-state index is -0.276. The highest BCUT2D eigenvalue weighted by molar-refractivity contribution is 6.31. The van der Waals surface area contributed by atoms with Crippen molar-refractivity contribution in [1.29, 1.82) is 0 Å².